The molecule has 0 bridgehead atoms. The van der Waals surface area contributed by atoms with Gasteiger partial charge in [-0.2, -0.15) is 0 Å². The van der Waals surface area contributed by atoms with Gasteiger partial charge in [-0.05, 0) is 70.8 Å². The van der Waals surface area contributed by atoms with Gasteiger partial charge in [0.25, 0.3) is 23.6 Å². The van der Waals surface area contributed by atoms with E-state index in [2.05, 4.69) is 0 Å². The summed E-state index contributed by atoms with van der Waals surface area (Å²) in [5.74, 6) is -1.78. The summed E-state index contributed by atoms with van der Waals surface area (Å²) >= 11 is 0. The molecule has 0 saturated heterocycles. The van der Waals surface area contributed by atoms with Crippen molar-refractivity contribution < 1.29 is 19.2 Å². The van der Waals surface area contributed by atoms with Gasteiger partial charge in [-0.3, -0.25) is 29.0 Å². The second kappa shape index (κ2) is 9.44. The molecule has 0 N–H and O–H groups in total. The number of nitrogens with zero attached hydrogens (tertiary/aromatic N) is 2. The van der Waals surface area contributed by atoms with Crippen molar-refractivity contribution in [1.29, 1.82) is 0 Å². The summed E-state index contributed by atoms with van der Waals surface area (Å²) in [4.78, 5) is 58.8. The first kappa shape index (κ1) is 26.0. The van der Waals surface area contributed by atoms with Crippen LogP contribution in [0.1, 0.15) is 78.5 Å². The molecule has 212 valence electrons. The van der Waals surface area contributed by atoms with Gasteiger partial charge in [0.05, 0.1) is 12.1 Å². The summed E-state index contributed by atoms with van der Waals surface area (Å²) in [5.41, 5.74) is 2.96. The lowest BCUT2D eigenvalue weighted by atomic mass is 9.84. The number of hydrogen-bond acceptors (Lipinski definition) is 4. The maximum atomic E-state index is 14.1. The van der Waals surface area contributed by atoms with E-state index in [1.54, 1.807) is 24.3 Å². The SMILES string of the molecule is C[C@H](c1cccc2ccccc12)N1C(=O)c2ccc3c4c(ccc(c24)C1=O)C(=O)N([C@H](C)c1cccc2ccccc12)C3=O. The first-order chi connectivity index (χ1) is 21.4. The van der Waals surface area contributed by atoms with Gasteiger partial charge >= 0.3 is 0 Å². The highest BCUT2D eigenvalue weighted by Crippen LogP contribution is 2.42. The van der Waals surface area contributed by atoms with Gasteiger partial charge in [-0.1, -0.05) is 84.9 Å². The number of imide groups is 2. The third kappa shape index (κ3) is 3.48. The fraction of sp³-hybridized carbons (Fsp3) is 0.105. The zero-order chi connectivity index (χ0) is 30.3. The molecule has 2 aliphatic rings. The molecule has 6 heteroatoms. The highest BCUT2D eigenvalue weighted by Gasteiger charge is 2.42. The number of carbonyl (C=O) groups excluding carboxylic acids is 4. The van der Waals surface area contributed by atoms with Gasteiger partial charge in [-0.15, -0.1) is 0 Å². The second-order valence-corrected chi connectivity index (χ2v) is 11.5. The average molecular weight is 575 g/mol. The highest BCUT2D eigenvalue weighted by molar-refractivity contribution is 6.33. The molecule has 8 rings (SSSR count). The molecule has 44 heavy (non-hydrogen) atoms. The van der Waals surface area contributed by atoms with Crippen LogP contribution in [0, 0.1) is 0 Å². The Bertz CT molecular complexity index is 2030. The minimum absolute atomic E-state index is 0.309. The predicted octanol–water partition coefficient (Wildman–Crippen LogP) is 7.86. The lowest BCUT2D eigenvalue weighted by Crippen LogP contribution is -2.44. The molecule has 0 fully saturated rings. The average Bonchev–Trinajstić information content (AvgIpc) is 3.05. The molecule has 2 heterocycles. The maximum absolute atomic E-state index is 14.1. The molecule has 6 aromatic carbocycles. The number of carbonyl (C=O) groups is 4. The number of benzene rings is 6. The quantitative estimate of drug-likeness (QED) is 0.201. The van der Waals surface area contributed by atoms with Crippen molar-refractivity contribution in [2.24, 2.45) is 0 Å². The van der Waals surface area contributed by atoms with Crippen LogP contribution in [-0.4, -0.2) is 33.4 Å². The van der Waals surface area contributed by atoms with Gasteiger partial charge in [0.1, 0.15) is 0 Å². The van der Waals surface area contributed by atoms with Crippen molar-refractivity contribution in [3.05, 3.63) is 143 Å². The van der Waals surface area contributed by atoms with Crippen molar-refractivity contribution in [3.63, 3.8) is 0 Å². The summed E-state index contributed by atoms with van der Waals surface area (Å²) in [6.45, 7) is 3.70. The van der Waals surface area contributed by atoms with Crippen molar-refractivity contribution in [2.75, 3.05) is 0 Å². The minimum Gasteiger partial charge on any atom is -0.269 e. The van der Waals surface area contributed by atoms with Crippen LogP contribution in [0.5, 0.6) is 0 Å². The van der Waals surface area contributed by atoms with E-state index in [1.807, 2.05) is 98.8 Å². The van der Waals surface area contributed by atoms with Gasteiger partial charge in [0.15, 0.2) is 0 Å². The summed E-state index contributed by atoms with van der Waals surface area (Å²) < 4.78 is 0. The first-order valence-corrected chi connectivity index (χ1v) is 14.7. The zero-order valence-electron chi connectivity index (χ0n) is 24.1. The molecule has 2 aliphatic heterocycles. The van der Waals surface area contributed by atoms with Gasteiger partial charge in [-0.25, -0.2) is 0 Å². The van der Waals surface area contributed by atoms with E-state index < -0.39 is 35.7 Å². The highest BCUT2D eigenvalue weighted by atomic mass is 16.2. The van der Waals surface area contributed by atoms with E-state index in [0.29, 0.717) is 33.0 Å². The molecular formula is C38H26N2O4. The fourth-order valence-electron chi connectivity index (χ4n) is 7.12. The van der Waals surface area contributed by atoms with Gasteiger partial charge in [0.2, 0.25) is 0 Å². The van der Waals surface area contributed by atoms with E-state index in [4.69, 9.17) is 0 Å². The van der Waals surface area contributed by atoms with E-state index in [9.17, 15) is 19.2 Å². The Morgan fingerprint density at radius 3 is 1.09 bits per heavy atom. The predicted molar refractivity (Wildman–Crippen MR) is 170 cm³/mol. The van der Waals surface area contributed by atoms with Crippen LogP contribution in [0.2, 0.25) is 0 Å². The van der Waals surface area contributed by atoms with E-state index in [1.165, 1.54) is 9.80 Å². The lowest BCUT2D eigenvalue weighted by molar-refractivity contribution is 0.0528. The first-order valence-electron chi connectivity index (χ1n) is 14.7. The summed E-state index contributed by atoms with van der Waals surface area (Å²) in [6.07, 6.45) is 0. The van der Waals surface area contributed by atoms with Crippen molar-refractivity contribution in [2.45, 2.75) is 25.9 Å². The standard InChI is InChI=1S/C38H26N2O4/c1-21(25-15-7-11-23-9-3-5-13-27(23)25)39-35(41)29-17-19-31-34-32(20-18-30(33(29)34)36(39)42)38(44)40(37(31)43)22(2)26-16-8-12-24-10-4-6-14-28(24)26/h3-22H,1-2H3/t21-,22-/m1/s1. The number of rotatable bonds is 4. The Morgan fingerprint density at radius 1 is 0.409 bits per heavy atom. The van der Waals surface area contributed by atoms with Crippen molar-refractivity contribution >= 4 is 55.9 Å². The van der Waals surface area contributed by atoms with Crippen LogP contribution in [-0.2, 0) is 0 Å². The summed E-state index contributed by atoms with van der Waals surface area (Å²) in [7, 11) is 0. The molecular weight excluding hydrogens is 548 g/mol. The Morgan fingerprint density at radius 2 is 0.727 bits per heavy atom. The number of fused-ring (bicyclic) bond motifs is 2. The van der Waals surface area contributed by atoms with E-state index in [0.717, 1.165) is 32.7 Å². The molecule has 0 aromatic heterocycles. The van der Waals surface area contributed by atoms with Crippen molar-refractivity contribution in [3.8, 4) is 0 Å². The topological polar surface area (TPSA) is 74.8 Å². The molecule has 0 unspecified atom stereocenters. The smallest absolute Gasteiger partial charge is 0.261 e. The second-order valence-electron chi connectivity index (χ2n) is 11.5. The van der Waals surface area contributed by atoms with Crippen LogP contribution < -0.4 is 0 Å². The molecule has 0 saturated carbocycles. The van der Waals surface area contributed by atoms with Crippen LogP contribution in [0.15, 0.2) is 109 Å². The molecule has 0 spiro atoms. The van der Waals surface area contributed by atoms with Crippen LogP contribution in [0.4, 0.5) is 0 Å². The monoisotopic (exact) mass is 574 g/mol. The lowest BCUT2D eigenvalue weighted by Gasteiger charge is -2.36. The minimum atomic E-state index is -0.545. The molecule has 6 aromatic rings. The zero-order valence-corrected chi connectivity index (χ0v) is 24.1. The summed E-state index contributed by atoms with van der Waals surface area (Å²) in [5, 5.41) is 4.72. The third-order valence-corrected chi connectivity index (χ3v) is 9.28. The third-order valence-electron chi connectivity index (χ3n) is 9.28. The molecule has 4 amide bonds. The van der Waals surface area contributed by atoms with Gasteiger partial charge < -0.3 is 0 Å². The van der Waals surface area contributed by atoms with Crippen LogP contribution in [0.25, 0.3) is 32.3 Å². The van der Waals surface area contributed by atoms with Gasteiger partial charge in [0, 0.05) is 33.0 Å². The summed E-state index contributed by atoms with van der Waals surface area (Å²) in [6, 6.07) is 32.9. The maximum Gasteiger partial charge on any atom is 0.261 e. The Labute approximate surface area is 253 Å². The van der Waals surface area contributed by atoms with Crippen molar-refractivity contribution in [1.82, 2.24) is 9.80 Å². The largest absolute Gasteiger partial charge is 0.269 e. The Hall–Kier alpha value is -5.62. The van der Waals surface area contributed by atoms with Crippen LogP contribution >= 0.6 is 0 Å². The molecule has 2 atom stereocenters. The van der Waals surface area contributed by atoms with E-state index >= 15 is 0 Å². The van der Waals surface area contributed by atoms with Crippen LogP contribution in [0.3, 0.4) is 0 Å². The van der Waals surface area contributed by atoms with E-state index in [-0.39, 0.29) is 0 Å². The Balaban J connectivity index is 1.24. The Kier molecular flexibility index (Phi) is 5.59. The normalized spacial score (nSPS) is 15.9. The fourth-order valence-corrected chi connectivity index (χ4v) is 7.12. The molecule has 0 aliphatic carbocycles. The molecule has 6 nitrogen and oxygen atoms in total. The molecule has 0 radical (unpaired) electrons. The number of amides is 4. The number of hydrogen-bond donors (Lipinski definition) is 0.